The smallest absolute Gasteiger partial charge is 0.316 e. The quantitative estimate of drug-likeness (QED) is 0.480. The third-order valence-electron chi connectivity index (χ3n) is 4.80. The van der Waals surface area contributed by atoms with Crippen LogP contribution in [0.3, 0.4) is 0 Å². The molecule has 32 heavy (non-hydrogen) atoms. The molecule has 0 atom stereocenters. The molecule has 9 nitrogen and oxygen atoms in total. The van der Waals surface area contributed by atoms with Gasteiger partial charge in [-0.05, 0) is 23.8 Å². The van der Waals surface area contributed by atoms with Crippen LogP contribution < -0.4 is 15.8 Å². The van der Waals surface area contributed by atoms with Crippen LogP contribution in [0.25, 0.3) is 11.3 Å². The van der Waals surface area contributed by atoms with Gasteiger partial charge in [0, 0.05) is 38.0 Å². The Bertz CT molecular complexity index is 1260. The molecule has 0 aliphatic carbocycles. The molecule has 4 aromatic rings. The van der Waals surface area contributed by atoms with E-state index in [4.69, 9.17) is 4.52 Å². The van der Waals surface area contributed by atoms with Gasteiger partial charge in [0.15, 0.2) is 5.82 Å². The summed E-state index contributed by atoms with van der Waals surface area (Å²) in [4.78, 5) is 30.7. The van der Waals surface area contributed by atoms with E-state index in [0.717, 1.165) is 16.8 Å². The van der Waals surface area contributed by atoms with Gasteiger partial charge in [0.2, 0.25) is 0 Å². The average Bonchev–Trinajstić information content (AvgIpc) is 3.28. The number of aromatic nitrogens is 4. The largest absolute Gasteiger partial charge is 0.378 e. The zero-order valence-electron chi connectivity index (χ0n) is 17.7. The Balaban J connectivity index is 1.41. The van der Waals surface area contributed by atoms with Crippen molar-refractivity contribution in [3.05, 3.63) is 94.4 Å². The van der Waals surface area contributed by atoms with E-state index < -0.39 is 5.91 Å². The highest BCUT2D eigenvalue weighted by atomic mass is 16.5. The number of hydrogen-bond acceptors (Lipinski definition) is 7. The van der Waals surface area contributed by atoms with Crippen molar-refractivity contribution >= 4 is 11.6 Å². The standard InChI is InChI=1S/C23H22N6O3/c1-28(2)18-10-8-16(9-11-18)14-24-22(31)23-25-20(27-32-23)15-29-21(30)13-12-19(26-29)17-6-4-3-5-7-17/h3-13H,14-15H2,1-2H3,(H,24,31). The number of carbonyl (C=O) groups is 1. The first kappa shape index (κ1) is 21.0. The van der Waals surface area contributed by atoms with Gasteiger partial charge in [0.1, 0.15) is 6.54 Å². The monoisotopic (exact) mass is 430 g/mol. The van der Waals surface area contributed by atoms with Crippen molar-refractivity contribution in [2.75, 3.05) is 19.0 Å². The second kappa shape index (κ2) is 9.25. The molecule has 2 heterocycles. The van der Waals surface area contributed by atoms with Crippen molar-refractivity contribution in [1.29, 1.82) is 0 Å². The molecule has 4 rings (SSSR count). The summed E-state index contributed by atoms with van der Waals surface area (Å²) in [5.41, 5.74) is 3.24. The summed E-state index contributed by atoms with van der Waals surface area (Å²) in [5, 5.41) is 10.9. The Morgan fingerprint density at radius 1 is 1.03 bits per heavy atom. The first-order valence-corrected chi connectivity index (χ1v) is 10.0. The van der Waals surface area contributed by atoms with Crippen molar-refractivity contribution in [2.45, 2.75) is 13.1 Å². The van der Waals surface area contributed by atoms with E-state index in [9.17, 15) is 9.59 Å². The number of nitrogens with zero attached hydrogens (tertiary/aromatic N) is 5. The minimum absolute atomic E-state index is 0.0116. The zero-order chi connectivity index (χ0) is 22.5. The van der Waals surface area contributed by atoms with E-state index in [2.05, 4.69) is 20.6 Å². The molecule has 0 aliphatic heterocycles. The fourth-order valence-corrected chi connectivity index (χ4v) is 3.04. The highest BCUT2D eigenvalue weighted by molar-refractivity contribution is 5.89. The Hall–Kier alpha value is -4.27. The van der Waals surface area contributed by atoms with Gasteiger partial charge in [0.05, 0.1) is 5.69 Å². The molecular weight excluding hydrogens is 408 g/mol. The van der Waals surface area contributed by atoms with E-state index in [1.807, 2.05) is 73.6 Å². The van der Waals surface area contributed by atoms with E-state index in [0.29, 0.717) is 12.2 Å². The van der Waals surface area contributed by atoms with Crippen LogP contribution in [-0.4, -0.2) is 39.9 Å². The third-order valence-corrected chi connectivity index (χ3v) is 4.80. The Morgan fingerprint density at radius 3 is 2.50 bits per heavy atom. The van der Waals surface area contributed by atoms with Crippen LogP contribution in [0.2, 0.25) is 0 Å². The van der Waals surface area contributed by atoms with Crippen molar-refractivity contribution in [1.82, 2.24) is 25.2 Å². The van der Waals surface area contributed by atoms with E-state index in [1.54, 1.807) is 6.07 Å². The highest BCUT2D eigenvalue weighted by Crippen LogP contribution is 2.14. The van der Waals surface area contributed by atoms with Gasteiger partial charge in [-0.3, -0.25) is 9.59 Å². The summed E-state index contributed by atoms with van der Waals surface area (Å²) >= 11 is 0. The maximum Gasteiger partial charge on any atom is 0.316 e. The second-order valence-electron chi connectivity index (χ2n) is 7.34. The maximum atomic E-state index is 12.4. The lowest BCUT2D eigenvalue weighted by molar-refractivity contribution is 0.0907. The third kappa shape index (κ3) is 4.89. The summed E-state index contributed by atoms with van der Waals surface area (Å²) in [6.45, 7) is 0.312. The molecule has 1 N–H and O–H groups in total. The highest BCUT2D eigenvalue weighted by Gasteiger charge is 2.16. The molecule has 0 bridgehead atoms. The van der Waals surface area contributed by atoms with Gasteiger partial charge < -0.3 is 14.7 Å². The van der Waals surface area contributed by atoms with E-state index in [1.165, 1.54) is 10.7 Å². The molecule has 1 amide bonds. The molecule has 2 aromatic heterocycles. The fraction of sp³-hybridized carbons (Fsp3) is 0.174. The fourth-order valence-electron chi connectivity index (χ4n) is 3.04. The predicted molar refractivity (Wildman–Crippen MR) is 119 cm³/mol. The van der Waals surface area contributed by atoms with Gasteiger partial charge in [-0.2, -0.15) is 10.1 Å². The number of benzene rings is 2. The Morgan fingerprint density at radius 2 is 1.78 bits per heavy atom. The number of carbonyl (C=O) groups excluding carboxylic acids is 1. The first-order chi connectivity index (χ1) is 15.5. The second-order valence-corrected chi connectivity index (χ2v) is 7.34. The lowest BCUT2D eigenvalue weighted by Crippen LogP contribution is -2.24. The normalized spacial score (nSPS) is 10.7. The molecule has 0 saturated carbocycles. The number of rotatable bonds is 7. The minimum Gasteiger partial charge on any atom is -0.378 e. The van der Waals surface area contributed by atoms with Crippen molar-refractivity contribution in [3.63, 3.8) is 0 Å². The maximum absolute atomic E-state index is 12.4. The van der Waals surface area contributed by atoms with Gasteiger partial charge in [0.25, 0.3) is 5.56 Å². The number of nitrogens with one attached hydrogen (secondary N) is 1. The average molecular weight is 430 g/mol. The lowest BCUT2D eigenvalue weighted by atomic mass is 10.1. The van der Waals surface area contributed by atoms with Gasteiger partial charge in [-0.25, -0.2) is 4.68 Å². The van der Waals surface area contributed by atoms with Crippen LogP contribution in [0.5, 0.6) is 0 Å². The van der Waals surface area contributed by atoms with E-state index >= 15 is 0 Å². The SMILES string of the molecule is CN(C)c1ccc(CNC(=O)c2nc(Cn3nc(-c4ccccc4)ccc3=O)no2)cc1. The van der Waals surface area contributed by atoms with Crippen LogP contribution in [-0.2, 0) is 13.1 Å². The van der Waals surface area contributed by atoms with Crippen LogP contribution in [0, 0.1) is 0 Å². The molecule has 0 fully saturated rings. The summed E-state index contributed by atoms with van der Waals surface area (Å²) in [7, 11) is 3.93. The molecule has 9 heteroatoms. The van der Waals surface area contributed by atoms with E-state index in [-0.39, 0.29) is 23.8 Å². The molecule has 0 unspecified atom stereocenters. The number of anilines is 1. The van der Waals surface area contributed by atoms with Gasteiger partial charge >= 0.3 is 11.8 Å². The molecule has 162 valence electrons. The predicted octanol–water partition coefficient (Wildman–Crippen LogP) is 2.34. The lowest BCUT2D eigenvalue weighted by Gasteiger charge is -2.12. The van der Waals surface area contributed by atoms with Crippen molar-refractivity contribution in [3.8, 4) is 11.3 Å². The first-order valence-electron chi connectivity index (χ1n) is 10.0. The number of amides is 1. The Labute approximate surface area is 184 Å². The molecule has 0 saturated heterocycles. The molecular formula is C23H22N6O3. The van der Waals surface area contributed by atoms with Gasteiger partial charge in [-0.15, -0.1) is 0 Å². The molecule has 0 radical (unpaired) electrons. The van der Waals surface area contributed by atoms with Crippen LogP contribution in [0.4, 0.5) is 5.69 Å². The Kier molecular flexibility index (Phi) is 6.07. The minimum atomic E-state index is -0.487. The summed E-state index contributed by atoms with van der Waals surface area (Å²) in [6.07, 6.45) is 0. The topological polar surface area (TPSA) is 106 Å². The van der Waals surface area contributed by atoms with Crippen molar-refractivity contribution < 1.29 is 9.32 Å². The summed E-state index contributed by atoms with van der Waals surface area (Å²) in [6, 6.07) is 20.4. The van der Waals surface area contributed by atoms with Crippen LogP contribution in [0.15, 0.2) is 76.0 Å². The summed E-state index contributed by atoms with van der Waals surface area (Å²) in [5.74, 6) is -0.471. The molecule has 0 spiro atoms. The van der Waals surface area contributed by atoms with Crippen LogP contribution in [0.1, 0.15) is 22.1 Å². The molecule has 0 aliphatic rings. The van der Waals surface area contributed by atoms with Crippen LogP contribution >= 0.6 is 0 Å². The zero-order valence-corrected chi connectivity index (χ0v) is 17.7. The van der Waals surface area contributed by atoms with Crippen molar-refractivity contribution in [2.24, 2.45) is 0 Å². The molecule has 2 aromatic carbocycles. The summed E-state index contributed by atoms with van der Waals surface area (Å²) < 4.78 is 6.31. The number of hydrogen-bond donors (Lipinski definition) is 1. The van der Waals surface area contributed by atoms with Gasteiger partial charge in [-0.1, -0.05) is 47.6 Å².